The van der Waals surface area contributed by atoms with Crippen molar-refractivity contribution in [1.29, 1.82) is 0 Å². The van der Waals surface area contributed by atoms with E-state index in [4.69, 9.17) is 9.47 Å². The van der Waals surface area contributed by atoms with Gasteiger partial charge in [-0.25, -0.2) is 0 Å². The molecule has 0 unspecified atom stereocenters. The van der Waals surface area contributed by atoms with Gasteiger partial charge in [-0.15, -0.1) is 0 Å². The van der Waals surface area contributed by atoms with Crippen molar-refractivity contribution in [3.05, 3.63) is 54.1 Å². The Morgan fingerprint density at radius 3 is 2.46 bits per heavy atom. The molecule has 0 atom stereocenters. The van der Waals surface area contributed by atoms with E-state index in [-0.39, 0.29) is 11.7 Å². The van der Waals surface area contributed by atoms with Gasteiger partial charge in [-0.3, -0.25) is 9.59 Å². The number of ether oxygens (including phenoxy) is 2. The molecule has 1 N–H and O–H groups in total. The van der Waals surface area contributed by atoms with E-state index < -0.39 is 0 Å². The van der Waals surface area contributed by atoms with Gasteiger partial charge in [0, 0.05) is 23.7 Å². The number of amides is 1. The van der Waals surface area contributed by atoms with Gasteiger partial charge < -0.3 is 14.8 Å². The van der Waals surface area contributed by atoms with Gasteiger partial charge >= 0.3 is 0 Å². The molecule has 2 aromatic rings. The highest BCUT2D eigenvalue weighted by molar-refractivity contribution is 5.94. The van der Waals surface area contributed by atoms with Gasteiger partial charge in [0.15, 0.2) is 5.78 Å². The largest absolute Gasteiger partial charge is 0.497 e. The van der Waals surface area contributed by atoms with Gasteiger partial charge in [-0.2, -0.15) is 0 Å². The topological polar surface area (TPSA) is 64.6 Å². The summed E-state index contributed by atoms with van der Waals surface area (Å²) < 4.78 is 10.7. The van der Waals surface area contributed by atoms with Crippen molar-refractivity contribution in [3.63, 3.8) is 0 Å². The van der Waals surface area contributed by atoms with Gasteiger partial charge in [-0.1, -0.05) is 6.07 Å². The summed E-state index contributed by atoms with van der Waals surface area (Å²) in [5.41, 5.74) is 1.36. The molecule has 0 aliphatic rings. The summed E-state index contributed by atoms with van der Waals surface area (Å²) in [5.74, 6) is 1.34. The molecule has 0 saturated carbocycles. The van der Waals surface area contributed by atoms with Gasteiger partial charge in [0.2, 0.25) is 5.91 Å². The SMILES string of the molecule is COc1cccc(NC(=O)CCCOc2ccc(C(C)=O)cc2)c1. The zero-order valence-electron chi connectivity index (χ0n) is 13.9. The first-order valence-electron chi connectivity index (χ1n) is 7.76. The average Bonchev–Trinajstić information content (AvgIpc) is 2.59. The molecule has 0 bridgehead atoms. The maximum Gasteiger partial charge on any atom is 0.224 e. The lowest BCUT2D eigenvalue weighted by atomic mass is 10.1. The van der Waals surface area contributed by atoms with Crippen molar-refractivity contribution in [1.82, 2.24) is 0 Å². The first-order chi connectivity index (χ1) is 11.6. The van der Waals surface area contributed by atoms with Gasteiger partial charge in [0.1, 0.15) is 11.5 Å². The minimum absolute atomic E-state index is 0.0239. The fourth-order valence-electron chi connectivity index (χ4n) is 2.13. The van der Waals surface area contributed by atoms with Crippen LogP contribution in [0.5, 0.6) is 11.5 Å². The summed E-state index contributed by atoms with van der Waals surface area (Å²) >= 11 is 0. The highest BCUT2D eigenvalue weighted by Crippen LogP contribution is 2.17. The van der Waals surface area contributed by atoms with Crippen LogP contribution in [0.4, 0.5) is 5.69 Å². The molecule has 0 aliphatic heterocycles. The van der Waals surface area contributed by atoms with Crippen molar-refractivity contribution in [2.24, 2.45) is 0 Å². The van der Waals surface area contributed by atoms with Gasteiger partial charge in [0.05, 0.1) is 13.7 Å². The lowest BCUT2D eigenvalue weighted by Gasteiger charge is -2.08. The van der Waals surface area contributed by atoms with E-state index >= 15 is 0 Å². The van der Waals surface area contributed by atoms with Crippen molar-refractivity contribution in [3.8, 4) is 11.5 Å². The average molecular weight is 327 g/mol. The minimum atomic E-state index is -0.0706. The number of anilines is 1. The Hall–Kier alpha value is -2.82. The third-order valence-corrected chi connectivity index (χ3v) is 3.43. The zero-order chi connectivity index (χ0) is 17.4. The Balaban J connectivity index is 1.71. The van der Waals surface area contributed by atoms with E-state index in [1.807, 2.05) is 18.2 Å². The zero-order valence-corrected chi connectivity index (χ0v) is 13.9. The molecule has 5 heteroatoms. The standard InChI is InChI=1S/C19H21NO4/c1-14(21)15-8-10-17(11-9-15)24-12-4-7-19(22)20-16-5-3-6-18(13-16)23-2/h3,5-6,8-11,13H,4,7,12H2,1-2H3,(H,20,22). The van der Waals surface area contributed by atoms with E-state index in [0.29, 0.717) is 42.2 Å². The second-order valence-corrected chi connectivity index (χ2v) is 5.31. The maximum atomic E-state index is 11.9. The van der Waals surface area contributed by atoms with Crippen LogP contribution in [0.3, 0.4) is 0 Å². The monoisotopic (exact) mass is 327 g/mol. The number of carbonyl (C=O) groups excluding carboxylic acids is 2. The Bertz CT molecular complexity index is 695. The van der Waals surface area contributed by atoms with Gasteiger partial charge in [-0.05, 0) is 49.7 Å². The van der Waals surface area contributed by atoms with Crippen molar-refractivity contribution in [2.75, 3.05) is 19.0 Å². The van der Waals surface area contributed by atoms with E-state index in [9.17, 15) is 9.59 Å². The molecule has 24 heavy (non-hydrogen) atoms. The predicted molar refractivity (Wildman–Crippen MR) is 92.8 cm³/mol. The fourth-order valence-corrected chi connectivity index (χ4v) is 2.13. The quantitative estimate of drug-likeness (QED) is 0.593. The number of rotatable bonds is 8. The van der Waals surface area contributed by atoms with Crippen LogP contribution in [0.1, 0.15) is 30.1 Å². The normalized spacial score (nSPS) is 10.1. The van der Waals surface area contributed by atoms with Crippen LogP contribution in [-0.4, -0.2) is 25.4 Å². The molecule has 0 spiro atoms. The molecular formula is C19H21NO4. The summed E-state index contributed by atoms with van der Waals surface area (Å²) in [5, 5.41) is 2.82. The molecule has 0 aliphatic carbocycles. The van der Waals surface area contributed by atoms with Crippen molar-refractivity contribution in [2.45, 2.75) is 19.8 Å². The second kappa shape index (κ2) is 8.72. The van der Waals surface area contributed by atoms with E-state index in [1.165, 1.54) is 6.92 Å². The van der Waals surface area contributed by atoms with Crippen molar-refractivity contribution < 1.29 is 19.1 Å². The third-order valence-electron chi connectivity index (χ3n) is 3.43. The lowest BCUT2D eigenvalue weighted by Crippen LogP contribution is -2.12. The molecule has 0 radical (unpaired) electrons. The van der Waals surface area contributed by atoms with Crippen LogP contribution in [0.2, 0.25) is 0 Å². The predicted octanol–water partition coefficient (Wildman–Crippen LogP) is 3.70. The van der Waals surface area contributed by atoms with Crippen LogP contribution in [-0.2, 0) is 4.79 Å². The number of hydrogen-bond acceptors (Lipinski definition) is 4. The Morgan fingerprint density at radius 2 is 1.79 bits per heavy atom. The Kier molecular flexibility index (Phi) is 6.37. The molecule has 0 aromatic heterocycles. The van der Waals surface area contributed by atoms with Crippen LogP contribution >= 0.6 is 0 Å². The minimum Gasteiger partial charge on any atom is -0.497 e. The lowest BCUT2D eigenvalue weighted by molar-refractivity contribution is -0.116. The fraction of sp³-hybridized carbons (Fsp3) is 0.263. The van der Waals surface area contributed by atoms with Crippen LogP contribution in [0.25, 0.3) is 0 Å². The first-order valence-corrected chi connectivity index (χ1v) is 7.76. The Morgan fingerprint density at radius 1 is 1.04 bits per heavy atom. The molecule has 1 amide bonds. The van der Waals surface area contributed by atoms with E-state index in [0.717, 1.165) is 0 Å². The number of Topliss-reactive ketones (excluding diaryl/α,β-unsaturated/α-hetero) is 1. The molecule has 2 aromatic carbocycles. The van der Waals surface area contributed by atoms with E-state index in [1.54, 1.807) is 37.4 Å². The molecular weight excluding hydrogens is 306 g/mol. The van der Waals surface area contributed by atoms with Crippen LogP contribution < -0.4 is 14.8 Å². The van der Waals surface area contributed by atoms with Crippen LogP contribution in [0, 0.1) is 0 Å². The van der Waals surface area contributed by atoms with E-state index in [2.05, 4.69) is 5.32 Å². The summed E-state index contributed by atoms with van der Waals surface area (Å²) in [4.78, 5) is 23.1. The number of carbonyl (C=O) groups is 2. The molecule has 126 valence electrons. The molecule has 0 heterocycles. The Labute approximate surface area is 141 Å². The maximum absolute atomic E-state index is 11.9. The highest BCUT2D eigenvalue weighted by atomic mass is 16.5. The number of methoxy groups -OCH3 is 1. The summed E-state index contributed by atoms with van der Waals surface area (Å²) in [7, 11) is 1.58. The molecule has 0 fully saturated rings. The number of nitrogens with one attached hydrogen (secondary N) is 1. The third kappa shape index (κ3) is 5.43. The first kappa shape index (κ1) is 17.5. The number of hydrogen-bond donors (Lipinski definition) is 1. The molecule has 0 saturated heterocycles. The van der Waals surface area contributed by atoms with Gasteiger partial charge in [0.25, 0.3) is 0 Å². The summed E-state index contributed by atoms with van der Waals surface area (Å²) in [6, 6.07) is 14.2. The number of benzene rings is 2. The summed E-state index contributed by atoms with van der Waals surface area (Å²) in [6.07, 6.45) is 0.965. The number of ketones is 1. The van der Waals surface area contributed by atoms with Crippen LogP contribution in [0.15, 0.2) is 48.5 Å². The smallest absolute Gasteiger partial charge is 0.224 e. The highest BCUT2D eigenvalue weighted by Gasteiger charge is 2.04. The van der Waals surface area contributed by atoms with Crippen molar-refractivity contribution >= 4 is 17.4 Å². The molecule has 5 nitrogen and oxygen atoms in total. The summed E-state index contributed by atoms with van der Waals surface area (Å²) in [6.45, 7) is 1.96. The second-order valence-electron chi connectivity index (χ2n) is 5.31. The molecule has 2 rings (SSSR count).